The summed E-state index contributed by atoms with van der Waals surface area (Å²) in [7, 11) is 0. The highest BCUT2D eigenvalue weighted by atomic mass is 16.5. The molecule has 0 N–H and O–H groups in total. The van der Waals surface area contributed by atoms with E-state index in [1.54, 1.807) is 11.1 Å². The number of hydrogen-bond acceptors (Lipinski definition) is 1. The van der Waals surface area contributed by atoms with Crippen molar-refractivity contribution >= 4 is 0 Å². The van der Waals surface area contributed by atoms with Gasteiger partial charge in [0.05, 0.1) is 13.2 Å². The molecule has 4 rings (SSSR count). The first-order valence-electron chi connectivity index (χ1n) is 14.2. The molecule has 2 unspecified atom stereocenters. The summed E-state index contributed by atoms with van der Waals surface area (Å²) < 4.78 is 6.04. The van der Waals surface area contributed by atoms with Gasteiger partial charge in [-0.25, -0.2) is 0 Å². The minimum Gasteiger partial charge on any atom is -0.381 e. The van der Waals surface area contributed by atoms with E-state index in [0.717, 1.165) is 37.9 Å². The van der Waals surface area contributed by atoms with Crippen molar-refractivity contribution in [1.29, 1.82) is 0 Å². The van der Waals surface area contributed by atoms with Crippen LogP contribution in [0.1, 0.15) is 86.5 Å². The number of rotatable bonds is 12. The Morgan fingerprint density at radius 3 is 1.40 bits per heavy atom. The lowest BCUT2D eigenvalue weighted by molar-refractivity contribution is 0.138. The average molecular weight is 471 g/mol. The van der Waals surface area contributed by atoms with E-state index in [-0.39, 0.29) is 0 Å². The lowest BCUT2D eigenvalue weighted by Gasteiger charge is -2.23. The lowest BCUT2D eigenvalue weighted by Crippen LogP contribution is -2.10. The first-order chi connectivity index (χ1) is 17.1. The fourth-order valence-corrected chi connectivity index (χ4v) is 5.62. The van der Waals surface area contributed by atoms with Crippen molar-refractivity contribution in [2.45, 2.75) is 90.9 Å². The van der Waals surface area contributed by atoms with E-state index >= 15 is 0 Å². The molecule has 2 aliphatic carbocycles. The molecule has 2 atom stereocenters. The zero-order chi connectivity index (χ0) is 24.3. The molecule has 0 aromatic heterocycles. The highest BCUT2D eigenvalue weighted by molar-refractivity contribution is 5.22. The van der Waals surface area contributed by atoms with Gasteiger partial charge in [0.15, 0.2) is 0 Å². The summed E-state index contributed by atoms with van der Waals surface area (Å²) >= 11 is 0. The van der Waals surface area contributed by atoms with E-state index in [1.165, 1.54) is 86.5 Å². The van der Waals surface area contributed by atoms with Crippen LogP contribution in [0, 0.1) is 25.7 Å². The topological polar surface area (TPSA) is 9.23 Å². The molecule has 1 heteroatoms. The van der Waals surface area contributed by atoms with Gasteiger partial charge in [-0.2, -0.15) is 0 Å². The number of hydrogen-bond donors (Lipinski definition) is 0. The van der Waals surface area contributed by atoms with Crippen molar-refractivity contribution in [3.05, 3.63) is 94.1 Å². The molecule has 0 heterocycles. The van der Waals surface area contributed by atoms with Crippen LogP contribution in [0.15, 0.2) is 71.8 Å². The van der Waals surface area contributed by atoms with Crippen LogP contribution in [0.2, 0.25) is 0 Å². The van der Waals surface area contributed by atoms with E-state index in [0.29, 0.717) is 0 Å². The molecule has 0 saturated heterocycles. The fraction of sp³-hybridized carbons (Fsp3) is 0.529. The summed E-state index contributed by atoms with van der Waals surface area (Å²) in [6.07, 6.45) is 20.2. The summed E-state index contributed by atoms with van der Waals surface area (Å²) in [4.78, 5) is 0. The first kappa shape index (κ1) is 26.0. The van der Waals surface area contributed by atoms with Crippen molar-refractivity contribution in [3.63, 3.8) is 0 Å². The Bertz CT molecular complexity index is 868. The maximum absolute atomic E-state index is 6.04. The van der Waals surface area contributed by atoms with Gasteiger partial charge < -0.3 is 4.74 Å². The average Bonchev–Trinajstić information content (AvgIpc) is 2.89. The third kappa shape index (κ3) is 9.12. The van der Waals surface area contributed by atoms with Crippen LogP contribution in [-0.4, -0.2) is 13.2 Å². The first-order valence-corrected chi connectivity index (χ1v) is 14.2. The molecule has 0 amide bonds. The molecule has 0 fully saturated rings. The Morgan fingerprint density at radius 2 is 1.03 bits per heavy atom. The number of allylic oxidation sites excluding steroid dienone is 2. The third-order valence-corrected chi connectivity index (χ3v) is 8.29. The maximum atomic E-state index is 6.04. The smallest absolute Gasteiger partial charge is 0.0503 e. The predicted molar refractivity (Wildman–Crippen MR) is 150 cm³/mol. The van der Waals surface area contributed by atoms with Gasteiger partial charge in [0.1, 0.15) is 0 Å². The summed E-state index contributed by atoms with van der Waals surface area (Å²) in [5, 5.41) is 0. The minimum atomic E-state index is 0.861. The van der Waals surface area contributed by atoms with Gasteiger partial charge in [0.2, 0.25) is 0 Å². The number of ether oxygens (including phenoxy) is 1. The monoisotopic (exact) mass is 470 g/mol. The molecule has 0 radical (unpaired) electrons. The van der Waals surface area contributed by atoms with E-state index in [2.05, 4.69) is 74.5 Å². The van der Waals surface area contributed by atoms with Gasteiger partial charge in [0, 0.05) is 0 Å². The van der Waals surface area contributed by atoms with Crippen molar-refractivity contribution in [3.8, 4) is 0 Å². The Balaban J connectivity index is 1.04. The van der Waals surface area contributed by atoms with E-state index in [4.69, 9.17) is 4.74 Å². The van der Waals surface area contributed by atoms with Crippen LogP contribution in [0.5, 0.6) is 0 Å². The second-order valence-electron chi connectivity index (χ2n) is 11.2. The minimum absolute atomic E-state index is 0.861. The molecule has 188 valence electrons. The van der Waals surface area contributed by atoms with Gasteiger partial charge in [-0.3, -0.25) is 0 Å². The molecule has 2 aliphatic rings. The van der Waals surface area contributed by atoms with Crippen molar-refractivity contribution in [1.82, 2.24) is 0 Å². The lowest BCUT2D eigenvalue weighted by atomic mass is 9.84. The molecule has 1 nitrogen and oxygen atoms in total. The maximum Gasteiger partial charge on any atom is 0.0503 e. The van der Waals surface area contributed by atoms with Gasteiger partial charge in [-0.1, -0.05) is 83.0 Å². The zero-order valence-electron chi connectivity index (χ0n) is 22.2. The van der Waals surface area contributed by atoms with Crippen LogP contribution in [0.4, 0.5) is 0 Å². The summed E-state index contributed by atoms with van der Waals surface area (Å²) in [5.74, 6) is 1.72. The molecule has 0 bridgehead atoms. The number of benzene rings is 2. The highest BCUT2D eigenvalue weighted by Crippen LogP contribution is 2.30. The van der Waals surface area contributed by atoms with Crippen molar-refractivity contribution in [2.24, 2.45) is 11.8 Å². The molecule has 2 aromatic rings. The van der Waals surface area contributed by atoms with Crippen LogP contribution in [0.25, 0.3) is 0 Å². The molecule has 0 spiro atoms. The van der Waals surface area contributed by atoms with E-state index in [9.17, 15) is 0 Å². The largest absolute Gasteiger partial charge is 0.381 e. The molecular weight excluding hydrogens is 424 g/mol. The zero-order valence-corrected chi connectivity index (χ0v) is 22.2. The van der Waals surface area contributed by atoms with Crippen molar-refractivity contribution in [2.75, 3.05) is 13.2 Å². The standard InChI is InChI=1S/C34H46O/c1-27-3-7-29(8-4-27)11-13-31-15-19-33(20-16-31)23-25-35-26-24-34-21-17-32(18-22-34)14-12-30-9-5-28(2)6-10-30/h3-10,19,21,31-32H,11-18,20,22-26H2,1-2H3. The Labute approximate surface area is 214 Å². The normalized spacial score (nSPS) is 20.4. The van der Waals surface area contributed by atoms with Crippen LogP contribution < -0.4 is 0 Å². The predicted octanol–water partition coefficient (Wildman–Crippen LogP) is 9.12. The van der Waals surface area contributed by atoms with E-state index < -0.39 is 0 Å². The second kappa shape index (κ2) is 13.8. The molecular formula is C34H46O. The Hall–Kier alpha value is -2.12. The quantitative estimate of drug-likeness (QED) is 0.222. The third-order valence-electron chi connectivity index (χ3n) is 8.29. The molecule has 0 saturated carbocycles. The summed E-state index contributed by atoms with van der Waals surface area (Å²) in [5.41, 5.74) is 8.95. The van der Waals surface area contributed by atoms with E-state index in [1.807, 2.05) is 0 Å². The van der Waals surface area contributed by atoms with Crippen molar-refractivity contribution < 1.29 is 4.74 Å². The Kier molecular flexibility index (Phi) is 10.3. The van der Waals surface area contributed by atoms with Gasteiger partial charge in [0.25, 0.3) is 0 Å². The Morgan fingerprint density at radius 1 is 0.600 bits per heavy atom. The SMILES string of the molecule is Cc1ccc(CCC2CC=C(CCOCCC3=CCC(CCc4ccc(C)cc4)CC3)CC2)cc1. The molecule has 2 aromatic carbocycles. The summed E-state index contributed by atoms with van der Waals surface area (Å²) in [6.45, 7) is 6.12. The molecule has 0 aliphatic heterocycles. The van der Waals surface area contributed by atoms with Gasteiger partial charge >= 0.3 is 0 Å². The number of aryl methyl sites for hydroxylation is 4. The van der Waals surface area contributed by atoms with Crippen LogP contribution >= 0.6 is 0 Å². The highest BCUT2D eigenvalue weighted by Gasteiger charge is 2.16. The summed E-state index contributed by atoms with van der Waals surface area (Å²) in [6, 6.07) is 18.1. The molecule has 35 heavy (non-hydrogen) atoms. The van der Waals surface area contributed by atoms with Gasteiger partial charge in [-0.15, -0.1) is 0 Å². The van der Waals surface area contributed by atoms with Crippen LogP contribution in [-0.2, 0) is 17.6 Å². The van der Waals surface area contributed by atoms with Gasteiger partial charge in [-0.05, 0) is 114 Å². The van der Waals surface area contributed by atoms with Crippen LogP contribution in [0.3, 0.4) is 0 Å². The fourth-order valence-electron chi connectivity index (χ4n) is 5.62. The second-order valence-corrected chi connectivity index (χ2v) is 11.2.